The molecule has 2 atom stereocenters. The highest BCUT2D eigenvalue weighted by Crippen LogP contribution is 2.38. The van der Waals surface area contributed by atoms with E-state index in [-0.39, 0.29) is 26.1 Å². The minimum Gasteiger partial charge on any atom is -0.756 e. The minimum atomic E-state index is -4.64. The molecule has 1 unspecified atom stereocenters. The van der Waals surface area contributed by atoms with Crippen molar-refractivity contribution in [1.29, 1.82) is 0 Å². The van der Waals surface area contributed by atoms with Gasteiger partial charge in [0.05, 0.1) is 27.7 Å². The van der Waals surface area contributed by atoms with E-state index in [1.54, 1.807) is 0 Å². The Labute approximate surface area is 336 Å². The van der Waals surface area contributed by atoms with Crippen LogP contribution in [0.5, 0.6) is 0 Å². The molecule has 0 aliphatic carbocycles. The summed E-state index contributed by atoms with van der Waals surface area (Å²) in [5.74, 6) is -0.920. The predicted molar refractivity (Wildman–Crippen MR) is 226 cm³/mol. The molecule has 0 N–H and O–H groups in total. The Kier molecular flexibility index (Phi) is 35.3. The van der Waals surface area contributed by atoms with Gasteiger partial charge in [-0.1, -0.05) is 132 Å². The topological polar surface area (TPSA) is 111 Å². The molecule has 10 heteroatoms. The number of nitrogens with zero attached hydrogens (tertiary/aromatic N) is 1. The van der Waals surface area contributed by atoms with Crippen molar-refractivity contribution in [3.63, 3.8) is 0 Å². The summed E-state index contributed by atoms with van der Waals surface area (Å²) in [7, 11) is 1.12. The summed E-state index contributed by atoms with van der Waals surface area (Å²) in [6, 6.07) is 0. The summed E-state index contributed by atoms with van der Waals surface area (Å²) in [5.41, 5.74) is 0. The van der Waals surface area contributed by atoms with Crippen LogP contribution in [0.3, 0.4) is 0 Å². The maximum absolute atomic E-state index is 12.6. The quantitative estimate of drug-likeness (QED) is 0.0201. The molecule has 0 aromatic heterocycles. The highest BCUT2D eigenvalue weighted by atomic mass is 31.2. The SMILES string of the molecule is CC/C=C\C/C=C\C/C=C\C/C=C\C/C=C\CCCC(=O)OC[C@H](COP(=O)([O-])OCC[N+](C)(C)C)OC(=O)CCCCCCC/C=C\CCCCCCC. The lowest BCUT2D eigenvalue weighted by molar-refractivity contribution is -0.870. The summed E-state index contributed by atoms with van der Waals surface area (Å²) in [4.78, 5) is 37.4. The molecule has 0 spiro atoms. The third-order valence-corrected chi connectivity index (χ3v) is 9.42. The van der Waals surface area contributed by atoms with Crippen LogP contribution in [-0.2, 0) is 32.7 Å². The Bertz CT molecular complexity index is 1170. The van der Waals surface area contributed by atoms with Crippen LogP contribution >= 0.6 is 7.82 Å². The Morgan fingerprint density at radius 2 is 1.05 bits per heavy atom. The molecule has 0 aliphatic heterocycles. The van der Waals surface area contributed by atoms with Crippen LogP contribution in [0.15, 0.2) is 72.9 Å². The maximum atomic E-state index is 12.6. The molecule has 0 heterocycles. The fraction of sp³-hybridized carbons (Fsp3) is 0.689. The van der Waals surface area contributed by atoms with Gasteiger partial charge in [0.15, 0.2) is 6.10 Å². The first-order valence-corrected chi connectivity index (χ1v) is 22.6. The second-order valence-electron chi connectivity index (χ2n) is 15.0. The second-order valence-corrected chi connectivity index (χ2v) is 16.4. The summed E-state index contributed by atoms with van der Waals surface area (Å²) in [6.45, 7) is 4.00. The van der Waals surface area contributed by atoms with Gasteiger partial charge in [0.25, 0.3) is 7.82 Å². The lowest BCUT2D eigenvalue weighted by atomic mass is 10.1. The van der Waals surface area contributed by atoms with Gasteiger partial charge in [0.2, 0.25) is 0 Å². The second kappa shape index (κ2) is 37.1. The van der Waals surface area contributed by atoms with Gasteiger partial charge in [-0.05, 0) is 77.0 Å². The number of likely N-dealkylation sites (N-methyl/N-ethyl adjacent to an activating group) is 1. The van der Waals surface area contributed by atoms with E-state index in [0.29, 0.717) is 23.9 Å². The number of carbonyl (C=O) groups excluding carboxylic acids is 2. The molecule has 0 amide bonds. The highest BCUT2D eigenvalue weighted by molar-refractivity contribution is 7.45. The van der Waals surface area contributed by atoms with Crippen LogP contribution in [0.4, 0.5) is 0 Å². The highest BCUT2D eigenvalue weighted by Gasteiger charge is 2.21. The van der Waals surface area contributed by atoms with Crippen LogP contribution in [0.2, 0.25) is 0 Å². The average molecular weight is 792 g/mol. The zero-order valence-corrected chi connectivity index (χ0v) is 36.2. The molecule has 0 aromatic carbocycles. The summed E-state index contributed by atoms with van der Waals surface area (Å²) in [5, 5.41) is 0. The number of unbranched alkanes of at least 4 members (excludes halogenated alkanes) is 11. The number of quaternary nitrogens is 1. The van der Waals surface area contributed by atoms with Crippen molar-refractivity contribution in [2.45, 2.75) is 155 Å². The Morgan fingerprint density at radius 3 is 1.62 bits per heavy atom. The van der Waals surface area contributed by atoms with Crippen molar-refractivity contribution in [3.8, 4) is 0 Å². The van der Waals surface area contributed by atoms with Crippen LogP contribution in [-0.4, -0.2) is 70.0 Å². The summed E-state index contributed by atoms with van der Waals surface area (Å²) in [6.07, 6.45) is 45.1. The minimum absolute atomic E-state index is 0.0446. The fourth-order valence-electron chi connectivity index (χ4n) is 5.15. The van der Waals surface area contributed by atoms with E-state index in [1.165, 1.54) is 38.5 Å². The van der Waals surface area contributed by atoms with Crippen molar-refractivity contribution in [2.24, 2.45) is 0 Å². The number of ether oxygens (including phenoxy) is 2. The van der Waals surface area contributed by atoms with E-state index in [9.17, 15) is 19.0 Å². The molecule has 55 heavy (non-hydrogen) atoms. The van der Waals surface area contributed by atoms with E-state index >= 15 is 0 Å². The number of phosphoric acid groups is 1. The van der Waals surface area contributed by atoms with Gasteiger partial charge >= 0.3 is 11.9 Å². The van der Waals surface area contributed by atoms with Crippen LogP contribution < -0.4 is 4.89 Å². The predicted octanol–water partition coefficient (Wildman–Crippen LogP) is 11.2. The number of hydrogen-bond donors (Lipinski definition) is 0. The van der Waals surface area contributed by atoms with Crippen molar-refractivity contribution in [3.05, 3.63) is 72.9 Å². The van der Waals surface area contributed by atoms with E-state index in [4.69, 9.17) is 18.5 Å². The molecular formula is C45H78NO8P. The molecule has 0 saturated heterocycles. The van der Waals surface area contributed by atoms with Crippen molar-refractivity contribution >= 4 is 19.8 Å². The molecule has 0 fully saturated rings. The number of allylic oxidation sites excluding steroid dienone is 12. The smallest absolute Gasteiger partial charge is 0.306 e. The first kappa shape index (κ1) is 52.5. The summed E-state index contributed by atoms with van der Waals surface area (Å²) >= 11 is 0. The van der Waals surface area contributed by atoms with Gasteiger partial charge in [-0.25, -0.2) is 0 Å². The first-order valence-electron chi connectivity index (χ1n) is 21.1. The number of carbonyl (C=O) groups is 2. The van der Waals surface area contributed by atoms with Crippen LogP contribution in [0.1, 0.15) is 149 Å². The average Bonchev–Trinajstić information content (AvgIpc) is 3.13. The zero-order chi connectivity index (χ0) is 40.7. The molecule has 9 nitrogen and oxygen atoms in total. The number of rotatable bonds is 37. The van der Waals surface area contributed by atoms with Crippen molar-refractivity contribution in [2.75, 3.05) is 47.5 Å². The monoisotopic (exact) mass is 792 g/mol. The molecule has 316 valence electrons. The number of hydrogen-bond acceptors (Lipinski definition) is 8. The van der Waals surface area contributed by atoms with E-state index in [0.717, 1.165) is 70.6 Å². The number of phosphoric ester groups is 1. The Balaban J connectivity index is 4.51. The molecule has 0 saturated carbocycles. The van der Waals surface area contributed by atoms with E-state index < -0.39 is 32.5 Å². The lowest BCUT2D eigenvalue weighted by Crippen LogP contribution is -2.37. The zero-order valence-electron chi connectivity index (χ0n) is 35.3. The van der Waals surface area contributed by atoms with Gasteiger partial charge in [0, 0.05) is 12.8 Å². The maximum Gasteiger partial charge on any atom is 0.306 e. The van der Waals surface area contributed by atoms with Gasteiger partial charge in [0.1, 0.15) is 19.8 Å². The molecule has 0 rings (SSSR count). The molecular weight excluding hydrogens is 713 g/mol. The summed E-state index contributed by atoms with van der Waals surface area (Å²) < 4.78 is 33.8. The third-order valence-electron chi connectivity index (χ3n) is 8.46. The molecule has 0 aliphatic rings. The fourth-order valence-corrected chi connectivity index (χ4v) is 5.88. The largest absolute Gasteiger partial charge is 0.756 e. The normalized spacial score (nSPS) is 14.4. The van der Waals surface area contributed by atoms with E-state index in [1.807, 2.05) is 27.2 Å². The van der Waals surface area contributed by atoms with E-state index in [2.05, 4.69) is 80.7 Å². The van der Waals surface area contributed by atoms with Gasteiger partial charge in [-0.2, -0.15) is 0 Å². The standard InChI is InChI=1S/C45H78NO8P/c1-6-8-10-12-14-16-18-20-22-23-24-26-27-29-31-33-35-37-44(47)51-41-43(42-53-55(49,50)52-40-39-46(3,4)5)54-45(48)38-36-34-32-30-28-25-21-19-17-15-13-11-9-7-2/h8,10,14,16,19-22,24,26,29,31,43H,6-7,9,11-13,15,17-18,23,25,27-28,30,32-42H2,1-5H3/b10-8-,16-14-,21-19-,22-20-,26-24-,31-29-/t43-/m1/s1. The number of esters is 2. The Hall–Kier alpha value is -2.55. The molecule has 0 bridgehead atoms. The first-order chi connectivity index (χ1) is 26.5. The van der Waals surface area contributed by atoms with Crippen molar-refractivity contribution in [1.82, 2.24) is 0 Å². The lowest BCUT2D eigenvalue weighted by Gasteiger charge is -2.28. The molecule has 0 radical (unpaired) electrons. The third kappa shape index (κ3) is 40.9. The van der Waals surface area contributed by atoms with Gasteiger partial charge in [-0.15, -0.1) is 0 Å². The van der Waals surface area contributed by atoms with Gasteiger partial charge < -0.3 is 27.9 Å². The van der Waals surface area contributed by atoms with Crippen LogP contribution in [0, 0.1) is 0 Å². The van der Waals surface area contributed by atoms with Gasteiger partial charge in [-0.3, -0.25) is 14.2 Å². The molecule has 0 aromatic rings. The van der Waals surface area contributed by atoms with Crippen LogP contribution in [0.25, 0.3) is 0 Å². The van der Waals surface area contributed by atoms with Crippen molar-refractivity contribution < 1.29 is 42.1 Å². The Morgan fingerprint density at radius 1 is 0.582 bits per heavy atom.